The fraction of sp³-hybridized carbons (Fsp3) is 0.680. The fourth-order valence-electron chi connectivity index (χ4n) is 3.59. The van der Waals surface area contributed by atoms with E-state index < -0.39 is 0 Å². The van der Waals surface area contributed by atoms with Gasteiger partial charge in [0.25, 0.3) is 0 Å². The van der Waals surface area contributed by atoms with Crippen molar-refractivity contribution in [1.29, 1.82) is 0 Å². The molecule has 1 aromatic carbocycles. The highest BCUT2D eigenvalue weighted by Crippen LogP contribution is 2.12. The molecule has 0 aliphatic rings. The summed E-state index contributed by atoms with van der Waals surface area (Å²) in [5.74, 6) is 0.630. The Bertz CT molecular complexity index is 499. The molecule has 0 aliphatic heterocycles. The van der Waals surface area contributed by atoms with E-state index >= 15 is 0 Å². The maximum Gasteiger partial charge on any atom is 0.129 e. The average Bonchev–Trinajstić information content (AvgIpc) is 2.66. The summed E-state index contributed by atoms with van der Waals surface area (Å²) in [6.07, 6.45) is 13.4. The number of carbonyl (C=O) groups excluding carboxylic acids is 2. The highest BCUT2D eigenvalue weighted by atomic mass is 16.1. The Balaban J connectivity index is 2.22. The van der Waals surface area contributed by atoms with Crippen LogP contribution < -0.4 is 0 Å². The van der Waals surface area contributed by atoms with Crippen molar-refractivity contribution < 1.29 is 9.59 Å². The molecule has 0 N–H and O–H groups in total. The lowest BCUT2D eigenvalue weighted by atomic mass is 10.1. The summed E-state index contributed by atoms with van der Waals surface area (Å²) in [6.45, 7) is 6.73. The standard InChI is InChI=1S/C25H41NO2/c1-23(27)16-10-5-3-7-14-20-26(22-25-18-12-9-13-19-25)21-15-8-4-6-11-17-24(2)28/h9,12-13,18-19H,3-8,10-11,14-17,20-22H2,1-2H3. The molecule has 0 amide bonds. The zero-order valence-electron chi connectivity index (χ0n) is 18.3. The molecule has 0 fully saturated rings. The van der Waals surface area contributed by atoms with Crippen LogP contribution in [0, 0.1) is 0 Å². The smallest absolute Gasteiger partial charge is 0.129 e. The van der Waals surface area contributed by atoms with Gasteiger partial charge >= 0.3 is 0 Å². The largest absolute Gasteiger partial charge is 0.300 e. The van der Waals surface area contributed by atoms with Crippen LogP contribution in [0.2, 0.25) is 0 Å². The van der Waals surface area contributed by atoms with Crippen molar-refractivity contribution in [2.75, 3.05) is 13.1 Å². The van der Waals surface area contributed by atoms with Gasteiger partial charge in [0.2, 0.25) is 0 Å². The fourth-order valence-corrected chi connectivity index (χ4v) is 3.59. The predicted octanol–water partition coefficient (Wildman–Crippen LogP) is 6.35. The van der Waals surface area contributed by atoms with Crippen molar-refractivity contribution >= 4 is 11.6 Å². The van der Waals surface area contributed by atoms with Gasteiger partial charge in [-0.3, -0.25) is 4.90 Å². The summed E-state index contributed by atoms with van der Waals surface area (Å²) in [5, 5.41) is 0. The molecule has 3 heteroatoms. The third-order valence-corrected chi connectivity index (χ3v) is 5.26. The van der Waals surface area contributed by atoms with Crippen LogP contribution in [0.15, 0.2) is 30.3 Å². The Labute approximate surface area is 172 Å². The van der Waals surface area contributed by atoms with Gasteiger partial charge in [0.1, 0.15) is 11.6 Å². The second-order valence-electron chi connectivity index (χ2n) is 8.20. The lowest BCUT2D eigenvalue weighted by Crippen LogP contribution is -2.25. The summed E-state index contributed by atoms with van der Waals surface area (Å²) < 4.78 is 0. The zero-order chi connectivity index (χ0) is 20.5. The minimum atomic E-state index is 0.315. The van der Waals surface area contributed by atoms with E-state index in [4.69, 9.17) is 0 Å². The molecule has 0 aromatic heterocycles. The zero-order valence-corrected chi connectivity index (χ0v) is 18.3. The number of rotatable bonds is 18. The Morgan fingerprint density at radius 3 is 1.54 bits per heavy atom. The van der Waals surface area contributed by atoms with E-state index in [1.807, 2.05) is 0 Å². The Kier molecular flexibility index (Phi) is 14.4. The second-order valence-corrected chi connectivity index (χ2v) is 8.20. The molecular weight excluding hydrogens is 346 g/mol. The quantitative estimate of drug-likeness (QED) is 0.275. The van der Waals surface area contributed by atoms with E-state index in [9.17, 15) is 9.59 Å². The van der Waals surface area contributed by atoms with Crippen LogP contribution in [0.5, 0.6) is 0 Å². The number of unbranched alkanes of at least 4 members (excludes halogenated alkanes) is 8. The van der Waals surface area contributed by atoms with E-state index in [0.29, 0.717) is 11.6 Å². The van der Waals surface area contributed by atoms with Gasteiger partial charge in [-0.25, -0.2) is 0 Å². The first-order valence-electron chi connectivity index (χ1n) is 11.3. The third-order valence-electron chi connectivity index (χ3n) is 5.26. The first-order valence-corrected chi connectivity index (χ1v) is 11.3. The Morgan fingerprint density at radius 2 is 1.07 bits per heavy atom. The lowest BCUT2D eigenvalue weighted by molar-refractivity contribution is -0.117. The van der Waals surface area contributed by atoms with Crippen LogP contribution in [0.3, 0.4) is 0 Å². The van der Waals surface area contributed by atoms with Crippen LogP contribution in [-0.4, -0.2) is 29.6 Å². The van der Waals surface area contributed by atoms with Crippen molar-refractivity contribution in [3.8, 4) is 0 Å². The number of carbonyl (C=O) groups is 2. The van der Waals surface area contributed by atoms with Crippen LogP contribution >= 0.6 is 0 Å². The molecule has 0 saturated carbocycles. The van der Waals surface area contributed by atoms with Crippen molar-refractivity contribution in [3.63, 3.8) is 0 Å². The number of benzene rings is 1. The molecule has 0 spiro atoms. The molecule has 158 valence electrons. The maximum atomic E-state index is 11.0. The van der Waals surface area contributed by atoms with Crippen LogP contribution in [-0.2, 0) is 16.1 Å². The van der Waals surface area contributed by atoms with Gasteiger partial charge in [-0.1, -0.05) is 68.9 Å². The van der Waals surface area contributed by atoms with Gasteiger partial charge in [-0.05, 0) is 58.2 Å². The third kappa shape index (κ3) is 14.6. The van der Waals surface area contributed by atoms with Gasteiger partial charge in [-0.2, -0.15) is 0 Å². The van der Waals surface area contributed by atoms with Gasteiger partial charge < -0.3 is 9.59 Å². The highest BCUT2D eigenvalue weighted by molar-refractivity contribution is 5.75. The van der Waals surface area contributed by atoms with E-state index in [2.05, 4.69) is 35.2 Å². The topological polar surface area (TPSA) is 37.4 Å². The summed E-state index contributed by atoms with van der Waals surface area (Å²) >= 11 is 0. The molecule has 28 heavy (non-hydrogen) atoms. The first kappa shape index (κ1) is 24.6. The van der Waals surface area contributed by atoms with Crippen LogP contribution in [0.1, 0.15) is 96.5 Å². The molecule has 0 heterocycles. The summed E-state index contributed by atoms with van der Waals surface area (Å²) in [4.78, 5) is 24.6. The van der Waals surface area contributed by atoms with E-state index in [0.717, 1.165) is 45.3 Å². The predicted molar refractivity (Wildman–Crippen MR) is 118 cm³/mol. The van der Waals surface area contributed by atoms with Gasteiger partial charge in [-0.15, -0.1) is 0 Å². The molecule has 0 unspecified atom stereocenters. The van der Waals surface area contributed by atoms with Gasteiger partial charge in [0.05, 0.1) is 0 Å². The van der Waals surface area contributed by atoms with E-state index in [1.54, 1.807) is 13.8 Å². The summed E-state index contributed by atoms with van der Waals surface area (Å²) in [5.41, 5.74) is 1.39. The van der Waals surface area contributed by atoms with Crippen LogP contribution in [0.25, 0.3) is 0 Å². The average molecular weight is 388 g/mol. The minimum absolute atomic E-state index is 0.315. The molecular formula is C25H41NO2. The molecule has 1 rings (SSSR count). The molecule has 0 atom stereocenters. The highest BCUT2D eigenvalue weighted by Gasteiger charge is 2.06. The number of ketones is 2. The first-order chi connectivity index (χ1) is 13.6. The van der Waals surface area contributed by atoms with Crippen molar-refractivity contribution in [2.24, 2.45) is 0 Å². The summed E-state index contributed by atoms with van der Waals surface area (Å²) in [7, 11) is 0. The minimum Gasteiger partial charge on any atom is -0.300 e. The number of hydrogen-bond acceptors (Lipinski definition) is 3. The van der Waals surface area contributed by atoms with Gasteiger partial charge in [0, 0.05) is 19.4 Å². The van der Waals surface area contributed by atoms with Crippen molar-refractivity contribution in [2.45, 2.75) is 97.4 Å². The lowest BCUT2D eigenvalue weighted by Gasteiger charge is -2.22. The van der Waals surface area contributed by atoms with Crippen LogP contribution in [0.4, 0.5) is 0 Å². The summed E-state index contributed by atoms with van der Waals surface area (Å²) in [6, 6.07) is 10.8. The molecule has 0 bridgehead atoms. The Hall–Kier alpha value is -1.48. The number of hydrogen-bond donors (Lipinski definition) is 0. The van der Waals surface area contributed by atoms with Crippen molar-refractivity contribution in [3.05, 3.63) is 35.9 Å². The van der Waals surface area contributed by atoms with Crippen molar-refractivity contribution in [1.82, 2.24) is 4.90 Å². The second kappa shape index (κ2) is 16.5. The molecule has 0 radical (unpaired) electrons. The number of nitrogens with zero attached hydrogens (tertiary/aromatic N) is 1. The van der Waals surface area contributed by atoms with E-state index in [-0.39, 0.29) is 0 Å². The SMILES string of the molecule is CC(=O)CCCCCCCN(CCCCCCCC(C)=O)Cc1ccccc1. The monoisotopic (exact) mass is 387 g/mol. The van der Waals surface area contributed by atoms with E-state index in [1.165, 1.54) is 56.9 Å². The number of Topliss-reactive ketones (excluding diaryl/α,β-unsaturated/α-hetero) is 2. The molecule has 1 aromatic rings. The molecule has 0 saturated heterocycles. The molecule has 0 aliphatic carbocycles. The maximum absolute atomic E-state index is 11.0. The molecule has 3 nitrogen and oxygen atoms in total. The van der Waals surface area contributed by atoms with Gasteiger partial charge in [0.15, 0.2) is 0 Å². The Morgan fingerprint density at radius 1 is 0.643 bits per heavy atom. The normalized spacial score (nSPS) is 11.1.